The lowest BCUT2D eigenvalue weighted by Crippen LogP contribution is -1.96. The highest BCUT2D eigenvalue weighted by Crippen LogP contribution is 2.21. The van der Waals surface area contributed by atoms with E-state index in [4.69, 9.17) is 4.74 Å². The molecule has 0 aliphatic heterocycles. The zero-order valence-electron chi connectivity index (χ0n) is 10.7. The van der Waals surface area contributed by atoms with Crippen LogP contribution in [0.15, 0.2) is 36.4 Å². The summed E-state index contributed by atoms with van der Waals surface area (Å²) >= 11 is 0. The molecule has 0 radical (unpaired) electrons. The minimum absolute atomic E-state index is 0.000220. The summed E-state index contributed by atoms with van der Waals surface area (Å²) in [6, 6.07) is 11.5. The van der Waals surface area contributed by atoms with Gasteiger partial charge in [0.1, 0.15) is 5.75 Å². The first-order chi connectivity index (χ1) is 8.71. The van der Waals surface area contributed by atoms with Crippen LogP contribution >= 0.6 is 0 Å². The zero-order valence-corrected chi connectivity index (χ0v) is 10.7. The van der Waals surface area contributed by atoms with Crippen molar-refractivity contribution < 1.29 is 9.84 Å². The normalized spacial score (nSPS) is 10.4. The first kappa shape index (κ1) is 12.6. The molecule has 0 saturated carbocycles. The molecule has 0 fully saturated rings. The third kappa shape index (κ3) is 3.08. The Hall–Kier alpha value is -1.87. The van der Waals surface area contributed by atoms with Crippen molar-refractivity contribution >= 4 is 0 Å². The van der Waals surface area contributed by atoms with E-state index >= 15 is 0 Å². The Labute approximate surface area is 107 Å². The van der Waals surface area contributed by atoms with E-state index in [0.29, 0.717) is 5.88 Å². The van der Waals surface area contributed by atoms with Gasteiger partial charge >= 0.3 is 0 Å². The van der Waals surface area contributed by atoms with E-state index < -0.39 is 0 Å². The van der Waals surface area contributed by atoms with Crippen molar-refractivity contribution in [3.63, 3.8) is 0 Å². The molecule has 3 heteroatoms. The van der Waals surface area contributed by atoms with Crippen LogP contribution in [0, 0.1) is 6.92 Å². The Morgan fingerprint density at radius 2 is 1.89 bits per heavy atom. The third-order valence-corrected chi connectivity index (χ3v) is 2.70. The van der Waals surface area contributed by atoms with Gasteiger partial charge in [-0.25, -0.2) is 4.98 Å². The molecule has 0 aliphatic carbocycles. The molecule has 0 atom stereocenters. The molecular formula is C15H17NO2. The fourth-order valence-corrected chi connectivity index (χ4v) is 1.67. The highest BCUT2D eigenvalue weighted by molar-refractivity contribution is 5.32. The Morgan fingerprint density at radius 1 is 1.17 bits per heavy atom. The second-order valence-electron chi connectivity index (χ2n) is 4.23. The molecule has 3 nitrogen and oxygen atoms in total. The number of hydrogen-bond acceptors (Lipinski definition) is 3. The molecular weight excluding hydrogens is 226 g/mol. The van der Waals surface area contributed by atoms with Crippen molar-refractivity contribution in [1.82, 2.24) is 4.98 Å². The maximum Gasteiger partial charge on any atom is 0.219 e. The average Bonchev–Trinajstić information content (AvgIpc) is 2.41. The van der Waals surface area contributed by atoms with Crippen LogP contribution in [0.1, 0.15) is 23.7 Å². The van der Waals surface area contributed by atoms with Crippen LogP contribution in [0.2, 0.25) is 0 Å². The van der Waals surface area contributed by atoms with Crippen molar-refractivity contribution in [3.05, 3.63) is 53.2 Å². The molecule has 2 rings (SSSR count). The van der Waals surface area contributed by atoms with Gasteiger partial charge in [0.05, 0.1) is 6.61 Å². The maximum absolute atomic E-state index is 9.20. The summed E-state index contributed by atoms with van der Waals surface area (Å²) in [5.41, 5.74) is 2.93. The van der Waals surface area contributed by atoms with Crippen LogP contribution in [-0.2, 0) is 13.0 Å². The standard InChI is InChI=1S/C15H17NO2/c1-3-13-8-12(10-17)9-15(16-13)18-14-6-4-11(2)5-7-14/h4-9,17H,3,10H2,1-2H3. The van der Waals surface area contributed by atoms with E-state index in [2.05, 4.69) is 4.98 Å². The molecule has 0 aliphatic rings. The molecule has 0 bridgehead atoms. The van der Waals surface area contributed by atoms with Crippen LogP contribution in [0.25, 0.3) is 0 Å². The molecule has 0 amide bonds. The Morgan fingerprint density at radius 3 is 2.50 bits per heavy atom. The summed E-state index contributed by atoms with van der Waals surface area (Å²) in [6.45, 7) is 4.06. The Balaban J connectivity index is 2.25. The van der Waals surface area contributed by atoms with Gasteiger partial charge in [-0.15, -0.1) is 0 Å². The molecule has 1 heterocycles. The maximum atomic E-state index is 9.20. The summed E-state index contributed by atoms with van der Waals surface area (Å²) in [6.07, 6.45) is 0.818. The summed E-state index contributed by atoms with van der Waals surface area (Å²) in [7, 11) is 0. The largest absolute Gasteiger partial charge is 0.439 e. The topological polar surface area (TPSA) is 42.4 Å². The van der Waals surface area contributed by atoms with E-state index in [0.717, 1.165) is 23.4 Å². The predicted octanol–water partition coefficient (Wildman–Crippen LogP) is 3.24. The van der Waals surface area contributed by atoms with Crippen LogP contribution in [0.3, 0.4) is 0 Å². The predicted molar refractivity (Wildman–Crippen MR) is 70.8 cm³/mol. The Bertz CT molecular complexity index is 498. The minimum Gasteiger partial charge on any atom is -0.439 e. The monoisotopic (exact) mass is 243 g/mol. The van der Waals surface area contributed by atoms with Gasteiger partial charge in [-0.2, -0.15) is 0 Å². The van der Waals surface area contributed by atoms with Gasteiger partial charge in [-0.05, 0) is 37.1 Å². The molecule has 2 aromatic rings. The van der Waals surface area contributed by atoms with Gasteiger partial charge < -0.3 is 9.84 Å². The van der Waals surface area contributed by atoms with Crippen LogP contribution in [0.4, 0.5) is 0 Å². The molecule has 0 unspecified atom stereocenters. The first-order valence-corrected chi connectivity index (χ1v) is 6.06. The highest BCUT2D eigenvalue weighted by Gasteiger charge is 2.03. The van der Waals surface area contributed by atoms with Crippen molar-refractivity contribution in [2.75, 3.05) is 0 Å². The molecule has 18 heavy (non-hydrogen) atoms. The van der Waals surface area contributed by atoms with E-state index in [1.165, 1.54) is 5.56 Å². The van der Waals surface area contributed by atoms with E-state index in [1.807, 2.05) is 44.2 Å². The number of nitrogens with zero attached hydrogens (tertiary/aromatic N) is 1. The van der Waals surface area contributed by atoms with Crippen molar-refractivity contribution in [2.24, 2.45) is 0 Å². The Kier molecular flexibility index (Phi) is 3.95. The summed E-state index contributed by atoms with van der Waals surface area (Å²) in [4.78, 5) is 4.38. The van der Waals surface area contributed by atoms with Gasteiger partial charge in [0.15, 0.2) is 0 Å². The van der Waals surface area contributed by atoms with Gasteiger partial charge in [-0.3, -0.25) is 0 Å². The minimum atomic E-state index is -0.000220. The fraction of sp³-hybridized carbons (Fsp3) is 0.267. The number of benzene rings is 1. The highest BCUT2D eigenvalue weighted by atomic mass is 16.5. The number of aromatic nitrogens is 1. The smallest absolute Gasteiger partial charge is 0.219 e. The number of aliphatic hydroxyl groups is 1. The van der Waals surface area contributed by atoms with Crippen molar-refractivity contribution in [1.29, 1.82) is 0 Å². The van der Waals surface area contributed by atoms with Gasteiger partial charge in [0.25, 0.3) is 0 Å². The lowest BCUT2D eigenvalue weighted by Gasteiger charge is -2.08. The second kappa shape index (κ2) is 5.65. The molecule has 1 N–H and O–H groups in total. The third-order valence-electron chi connectivity index (χ3n) is 2.70. The first-order valence-electron chi connectivity index (χ1n) is 6.06. The van der Waals surface area contributed by atoms with Crippen molar-refractivity contribution in [3.8, 4) is 11.6 Å². The van der Waals surface area contributed by atoms with E-state index in [1.54, 1.807) is 6.07 Å². The second-order valence-corrected chi connectivity index (χ2v) is 4.23. The molecule has 1 aromatic heterocycles. The van der Waals surface area contributed by atoms with E-state index in [-0.39, 0.29) is 6.61 Å². The number of ether oxygens (including phenoxy) is 1. The summed E-state index contributed by atoms with van der Waals surface area (Å²) in [5, 5.41) is 9.20. The van der Waals surface area contributed by atoms with Crippen LogP contribution < -0.4 is 4.74 Å². The van der Waals surface area contributed by atoms with Crippen LogP contribution in [-0.4, -0.2) is 10.1 Å². The SMILES string of the molecule is CCc1cc(CO)cc(Oc2ccc(C)cc2)n1. The van der Waals surface area contributed by atoms with Gasteiger partial charge in [-0.1, -0.05) is 24.6 Å². The number of rotatable bonds is 4. The lowest BCUT2D eigenvalue weighted by molar-refractivity contribution is 0.281. The molecule has 0 saturated heterocycles. The van der Waals surface area contributed by atoms with Crippen molar-refractivity contribution in [2.45, 2.75) is 26.9 Å². The number of aliphatic hydroxyl groups excluding tert-OH is 1. The average molecular weight is 243 g/mol. The summed E-state index contributed by atoms with van der Waals surface area (Å²) < 4.78 is 5.70. The van der Waals surface area contributed by atoms with E-state index in [9.17, 15) is 5.11 Å². The zero-order chi connectivity index (χ0) is 13.0. The van der Waals surface area contributed by atoms with Gasteiger partial charge in [0, 0.05) is 11.8 Å². The summed E-state index contributed by atoms with van der Waals surface area (Å²) in [5.74, 6) is 1.28. The molecule has 94 valence electrons. The number of hydrogen-bond donors (Lipinski definition) is 1. The van der Waals surface area contributed by atoms with Gasteiger partial charge in [0.2, 0.25) is 5.88 Å². The number of pyridine rings is 1. The quantitative estimate of drug-likeness (QED) is 0.896. The molecule has 0 spiro atoms. The number of aryl methyl sites for hydroxylation is 2. The molecule has 1 aromatic carbocycles. The fourth-order valence-electron chi connectivity index (χ4n) is 1.67. The van der Waals surface area contributed by atoms with Crippen LogP contribution in [0.5, 0.6) is 11.6 Å². The lowest BCUT2D eigenvalue weighted by atomic mass is 10.2.